The van der Waals surface area contributed by atoms with E-state index in [0.717, 1.165) is 63.3 Å². The van der Waals surface area contributed by atoms with E-state index >= 15 is 0 Å². The molecule has 2 aliphatic heterocycles. The first-order valence-electron chi connectivity index (χ1n) is 13.1. The van der Waals surface area contributed by atoms with Crippen molar-refractivity contribution in [2.45, 2.75) is 51.1 Å². The van der Waals surface area contributed by atoms with Crippen molar-refractivity contribution in [2.24, 2.45) is 5.92 Å². The first-order chi connectivity index (χ1) is 18.4. The molecule has 3 aromatic rings. The number of carbonyl (C=O) groups is 2. The monoisotopic (exact) mass is 526 g/mol. The van der Waals surface area contributed by atoms with Crippen LogP contribution in [0.2, 0.25) is 0 Å². The van der Waals surface area contributed by atoms with E-state index in [1.54, 1.807) is 0 Å². The molecule has 2 atom stereocenters. The van der Waals surface area contributed by atoms with Gasteiger partial charge in [-0.2, -0.15) is 13.9 Å². The van der Waals surface area contributed by atoms with E-state index in [1.165, 1.54) is 30.0 Å². The van der Waals surface area contributed by atoms with Gasteiger partial charge < -0.3 is 20.6 Å². The first-order valence-corrected chi connectivity index (χ1v) is 13.1. The highest BCUT2D eigenvalue weighted by molar-refractivity contribution is 5.99. The molecule has 3 N–H and O–H groups in total. The maximum absolute atomic E-state index is 13.2. The number of likely N-dealkylation sites (tertiary alicyclic amines) is 1. The van der Waals surface area contributed by atoms with Gasteiger partial charge in [0.15, 0.2) is 0 Å². The number of fused-ring (bicyclic) bond motifs is 2. The standard InChI is InChI=1S/C27H32F2N6O3/c28-27(29)35-23-14-19(4-5-20(23)15-31-35)25(36)33-22(26(37)38)10-13-34-12-9-17(16-34)3-7-21-8-6-18-2-1-11-30-24(18)32-21/h4-6,8,14-15,17,22,27H,1-3,7,9-13,16H2,(H,30,32)(H,33,36)(H,37,38)/t17-,22?/m0/s1. The molecule has 0 spiro atoms. The fraction of sp³-hybridized carbons (Fsp3) is 0.481. The fourth-order valence-corrected chi connectivity index (χ4v) is 5.36. The second-order valence-corrected chi connectivity index (χ2v) is 10.1. The highest BCUT2D eigenvalue weighted by atomic mass is 19.3. The van der Waals surface area contributed by atoms with Crippen molar-refractivity contribution >= 4 is 28.6 Å². The molecule has 2 aromatic heterocycles. The lowest BCUT2D eigenvalue weighted by Gasteiger charge is -2.20. The van der Waals surface area contributed by atoms with Gasteiger partial charge in [0.05, 0.1) is 11.7 Å². The van der Waals surface area contributed by atoms with Gasteiger partial charge in [0.1, 0.15) is 11.9 Å². The van der Waals surface area contributed by atoms with E-state index in [2.05, 4.69) is 32.8 Å². The smallest absolute Gasteiger partial charge is 0.333 e. The third kappa shape index (κ3) is 5.93. The number of benzene rings is 1. The normalized spacial score (nSPS) is 18.3. The number of nitrogens with one attached hydrogen (secondary N) is 2. The molecule has 9 nitrogen and oxygen atoms in total. The minimum absolute atomic E-state index is 0.110. The summed E-state index contributed by atoms with van der Waals surface area (Å²) in [7, 11) is 0. The van der Waals surface area contributed by atoms with Gasteiger partial charge in [-0.25, -0.2) is 14.5 Å². The average molecular weight is 527 g/mol. The predicted molar refractivity (Wildman–Crippen MR) is 138 cm³/mol. The molecule has 1 unspecified atom stereocenters. The maximum atomic E-state index is 13.2. The van der Waals surface area contributed by atoms with Crippen LogP contribution >= 0.6 is 0 Å². The Kier molecular flexibility index (Phi) is 7.82. The van der Waals surface area contributed by atoms with Gasteiger partial charge in [-0.05, 0) is 74.8 Å². The number of aryl methyl sites for hydroxylation is 2. The minimum atomic E-state index is -2.84. The third-order valence-electron chi connectivity index (χ3n) is 7.51. The van der Waals surface area contributed by atoms with Crippen LogP contribution in [0.4, 0.5) is 14.6 Å². The molecule has 0 saturated carbocycles. The Hall–Kier alpha value is -3.60. The number of anilines is 1. The largest absolute Gasteiger partial charge is 0.480 e. The zero-order chi connectivity index (χ0) is 26.6. The molecule has 202 valence electrons. The van der Waals surface area contributed by atoms with Crippen molar-refractivity contribution in [2.75, 3.05) is 31.5 Å². The van der Waals surface area contributed by atoms with Crippen LogP contribution in [0.25, 0.3) is 10.9 Å². The van der Waals surface area contributed by atoms with Crippen LogP contribution in [0.15, 0.2) is 36.5 Å². The van der Waals surface area contributed by atoms with Gasteiger partial charge in [0, 0.05) is 36.3 Å². The number of aromatic nitrogens is 3. The first kappa shape index (κ1) is 26.0. The topological polar surface area (TPSA) is 112 Å². The molecule has 38 heavy (non-hydrogen) atoms. The number of rotatable bonds is 10. The Bertz CT molecular complexity index is 1310. The molecule has 2 aliphatic rings. The summed E-state index contributed by atoms with van der Waals surface area (Å²) >= 11 is 0. The van der Waals surface area contributed by atoms with Crippen LogP contribution < -0.4 is 10.6 Å². The average Bonchev–Trinajstić information content (AvgIpc) is 3.56. The quantitative estimate of drug-likeness (QED) is 0.369. The summed E-state index contributed by atoms with van der Waals surface area (Å²) in [5, 5.41) is 19.7. The highest BCUT2D eigenvalue weighted by Crippen LogP contribution is 2.25. The molecule has 1 fully saturated rings. The maximum Gasteiger partial charge on any atom is 0.333 e. The Balaban J connectivity index is 1.11. The van der Waals surface area contributed by atoms with Gasteiger partial charge in [0.25, 0.3) is 5.91 Å². The molecule has 4 heterocycles. The van der Waals surface area contributed by atoms with Gasteiger partial charge in [-0.3, -0.25) is 4.79 Å². The lowest BCUT2D eigenvalue weighted by Crippen LogP contribution is -2.43. The Labute approximate surface area is 219 Å². The van der Waals surface area contributed by atoms with Crippen LogP contribution in [-0.4, -0.2) is 68.9 Å². The third-order valence-corrected chi connectivity index (χ3v) is 7.51. The second kappa shape index (κ2) is 11.4. The van der Waals surface area contributed by atoms with E-state index in [1.807, 2.05) is 0 Å². The van der Waals surface area contributed by atoms with Crippen molar-refractivity contribution in [3.63, 3.8) is 0 Å². The van der Waals surface area contributed by atoms with E-state index in [0.29, 0.717) is 22.5 Å². The highest BCUT2D eigenvalue weighted by Gasteiger charge is 2.26. The summed E-state index contributed by atoms with van der Waals surface area (Å²) in [5.74, 6) is -0.208. The molecule has 5 rings (SSSR count). The number of hydrogen-bond donors (Lipinski definition) is 3. The second-order valence-electron chi connectivity index (χ2n) is 10.1. The molecule has 0 radical (unpaired) electrons. The van der Waals surface area contributed by atoms with Crippen molar-refractivity contribution in [1.29, 1.82) is 0 Å². The van der Waals surface area contributed by atoms with Crippen molar-refractivity contribution in [3.05, 3.63) is 53.3 Å². The fourth-order valence-electron chi connectivity index (χ4n) is 5.36. The van der Waals surface area contributed by atoms with E-state index < -0.39 is 24.5 Å². The number of nitrogens with zero attached hydrogens (tertiary/aromatic N) is 4. The van der Waals surface area contributed by atoms with Crippen molar-refractivity contribution in [1.82, 2.24) is 25.0 Å². The van der Waals surface area contributed by atoms with E-state index in [-0.39, 0.29) is 17.5 Å². The Morgan fingerprint density at radius 1 is 1.24 bits per heavy atom. The number of carboxylic acids is 1. The lowest BCUT2D eigenvalue weighted by atomic mass is 10.00. The summed E-state index contributed by atoms with van der Waals surface area (Å²) in [4.78, 5) is 31.6. The van der Waals surface area contributed by atoms with Crippen LogP contribution in [0, 0.1) is 5.92 Å². The molecule has 0 aliphatic carbocycles. The van der Waals surface area contributed by atoms with Crippen molar-refractivity contribution < 1.29 is 23.5 Å². The molecule has 11 heteroatoms. The van der Waals surface area contributed by atoms with Crippen LogP contribution in [0.5, 0.6) is 0 Å². The summed E-state index contributed by atoms with van der Waals surface area (Å²) in [5.41, 5.74) is 2.61. The molecular formula is C27H32F2N6O3. The number of carboxylic acid groups (broad SMARTS) is 1. The zero-order valence-electron chi connectivity index (χ0n) is 21.1. The molecule has 1 amide bonds. The van der Waals surface area contributed by atoms with Crippen LogP contribution in [0.1, 0.15) is 53.8 Å². The molecule has 1 saturated heterocycles. The number of hydrogen-bond acceptors (Lipinski definition) is 6. The Morgan fingerprint density at radius 3 is 2.92 bits per heavy atom. The minimum Gasteiger partial charge on any atom is -0.480 e. The van der Waals surface area contributed by atoms with Crippen molar-refractivity contribution in [3.8, 4) is 0 Å². The SMILES string of the molecule is O=C(NC(CCN1CC[C@H](CCc2ccc3c(n2)NCCC3)C1)C(=O)O)c1ccc2cnn(C(F)F)c2c1. The number of carbonyl (C=O) groups excluding carboxylic acids is 1. The summed E-state index contributed by atoms with van der Waals surface area (Å²) in [6.45, 7) is 0.453. The van der Waals surface area contributed by atoms with Gasteiger partial charge in [0.2, 0.25) is 0 Å². The van der Waals surface area contributed by atoms with Crippen LogP contribution in [0.3, 0.4) is 0 Å². The molecular weight excluding hydrogens is 494 g/mol. The molecule has 1 aromatic carbocycles. The van der Waals surface area contributed by atoms with Gasteiger partial charge >= 0.3 is 12.5 Å². The number of alkyl halides is 2. The van der Waals surface area contributed by atoms with E-state index in [4.69, 9.17) is 4.98 Å². The lowest BCUT2D eigenvalue weighted by molar-refractivity contribution is -0.139. The summed E-state index contributed by atoms with van der Waals surface area (Å²) in [6.07, 6.45) is 6.75. The predicted octanol–water partition coefficient (Wildman–Crippen LogP) is 3.71. The zero-order valence-corrected chi connectivity index (χ0v) is 21.1. The number of aliphatic carboxylic acids is 1. The van der Waals surface area contributed by atoms with E-state index in [9.17, 15) is 23.5 Å². The van der Waals surface area contributed by atoms with Gasteiger partial charge in [-0.1, -0.05) is 12.1 Å². The summed E-state index contributed by atoms with van der Waals surface area (Å²) < 4.78 is 26.9. The number of pyridine rings is 1. The number of amides is 1. The molecule has 0 bridgehead atoms. The number of halogens is 2. The Morgan fingerprint density at radius 2 is 2.11 bits per heavy atom. The van der Waals surface area contributed by atoms with Gasteiger partial charge in [-0.15, -0.1) is 0 Å². The summed E-state index contributed by atoms with van der Waals surface area (Å²) in [6, 6.07) is 7.53. The van der Waals surface area contributed by atoms with Crippen LogP contribution in [-0.2, 0) is 17.6 Å².